The van der Waals surface area contributed by atoms with Gasteiger partial charge in [0.05, 0.1) is 18.3 Å². The molecule has 0 fully saturated rings. The number of hydrogen-bond donors (Lipinski definition) is 2. The number of carbonyl (C=O) groups is 1. The van der Waals surface area contributed by atoms with Crippen molar-refractivity contribution in [3.8, 4) is 5.75 Å². The van der Waals surface area contributed by atoms with E-state index in [4.69, 9.17) is 0 Å². The second-order valence-electron chi connectivity index (χ2n) is 6.72. The highest BCUT2D eigenvalue weighted by molar-refractivity contribution is 5.92. The molecule has 0 aromatic carbocycles. The number of nitrogens with one attached hydrogen (secondary N) is 1. The van der Waals surface area contributed by atoms with Crippen molar-refractivity contribution in [1.29, 1.82) is 0 Å². The zero-order valence-corrected chi connectivity index (χ0v) is 16.4. The van der Waals surface area contributed by atoms with Crippen LogP contribution in [0, 0.1) is 0 Å². The van der Waals surface area contributed by atoms with Gasteiger partial charge in [-0.1, -0.05) is 36.4 Å². The number of hydrogen-bond acceptors (Lipinski definition) is 6. The Bertz CT molecular complexity index is 992. The molecule has 1 unspecified atom stereocenters. The fourth-order valence-corrected chi connectivity index (χ4v) is 2.68. The van der Waals surface area contributed by atoms with Crippen molar-refractivity contribution in [2.24, 2.45) is 4.99 Å². The van der Waals surface area contributed by atoms with Gasteiger partial charge in [-0.15, -0.1) is 0 Å². The Morgan fingerprint density at radius 2 is 2.14 bits per heavy atom. The van der Waals surface area contributed by atoms with Gasteiger partial charge in [0, 0.05) is 12.2 Å². The van der Waals surface area contributed by atoms with E-state index in [0.29, 0.717) is 11.5 Å². The molecule has 0 saturated heterocycles. The van der Waals surface area contributed by atoms with Gasteiger partial charge in [-0.25, -0.2) is 15.0 Å². The third-order valence-electron chi connectivity index (χ3n) is 4.21. The second kappa shape index (κ2) is 9.57. The van der Waals surface area contributed by atoms with Crippen LogP contribution in [0.25, 0.3) is 0 Å². The number of carbonyl (C=O) groups excluding carboxylic acids is 1. The number of anilines is 1. The Morgan fingerprint density at radius 3 is 2.93 bits per heavy atom. The van der Waals surface area contributed by atoms with Crippen molar-refractivity contribution < 1.29 is 9.90 Å². The Labute approximate surface area is 169 Å². The molecule has 0 spiro atoms. The summed E-state index contributed by atoms with van der Waals surface area (Å²) < 4.78 is 0. The fourth-order valence-electron chi connectivity index (χ4n) is 2.68. The summed E-state index contributed by atoms with van der Waals surface area (Å²) in [5.41, 5.74) is 1.46. The van der Waals surface area contributed by atoms with Gasteiger partial charge in [-0.2, -0.15) is 0 Å². The van der Waals surface area contributed by atoms with E-state index in [9.17, 15) is 9.90 Å². The van der Waals surface area contributed by atoms with Crippen LogP contribution in [0.1, 0.15) is 12.1 Å². The minimum atomic E-state index is -0.151. The smallest absolute Gasteiger partial charge is 0.229 e. The summed E-state index contributed by atoms with van der Waals surface area (Å²) in [7, 11) is 4.02. The molecule has 3 rings (SSSR count). The number of aromatic nitrogens is 2. The van der Waals surface area contributed by atoms with Gasteiger partial charge in [0.15, 0.2) is 11.6 Å². The van der Waals surface area contributed by atoms with E-state index < -0.39 is 0 Å². The van der Waals surface area contributed by atoms with E-state index in [1.165, 1.54) is 12.3 Å². The average molecular weight is 389 g/mol. The van der Waals surface area contributed by atoms with Crippen molar-refractivity contribution in [3.63, 3.8) is 0 Å². The number of aliphatic imine (C=N–C) groups is 1. The lowest BCUT2D eigenvalue weighted by Gasteiger charge is -2.15. The molecular weight excluding hydrogens is 366 g/mol. The van der Waals surface area contributed by atoms with E-state index in [-0.39, 0.29) is 29.9 Å². The molecule has 148 valence electrons. The molecular formula is C22H23N5O2. The molecule has 0 bridgehead atoms. The maximum absolute atomic E-state index is 12.4. The largest absolute Gasteiger partial charge is 0.504 e. The number of pyridine rings is 2. The van der Waals surface area contributed by atoms with Gasteiger partial charge < -0.3 is 10.4 Å². The van der Waals surface area contributed by atoms with Crippen molar-refractivity contribution in [1.82, 2.24) is 14.9 Å². The SMILES string of the molecule is CN(C)C1C=CC=C(CC(=O)Nc2cccc(/C=N/c3ncccc3O)n2)C=C1. The molecule has 7 heteroatoms. The third kappa shape index (κ3) is 5.95. The predicted octanol–water partition coefficient (Wildman–Crippen LogP) is 3.24. The molecule has 2 N–H and O–H groups in total. The minimum absolute atomic E-state index is 0.0107. The summed E-state index contributed by atoms with van der Waals surface area (Å²) >= 11 is 0. The molecule has 1 amide bonds. The van der Waals surface area contributed by atoms with Crippen LogP contribution in [0.2, 0.25) is 0 Å². The summed E-state index contributed by atoms with van der Waals surface area (Å²) in [5.74, 6) is 0.481. The van der Waals surface area contributed by atoms with Crippen molar-refractivity contribution in [2.75, 3.05) is 19.4 Å². The lowest BCUT2D eigenvalue weighted by Crippen LogP contribution is -2.23. The van der Waals surface area contributed by atoms with Crippen LogP contribution < -0.4 is 5.32 Å². The van der Waals surface area contributed by atoms with Crippen molar-refractivity contribution in [2.45, 2.75) is 12.5 Å². The molecule has 0 aliphatic heterocycles. The van der Waals surface area contributed by atoms with E-state index in [1.807, 2.05) is 32.3 Å². The maximum atomic E-state index is 12.4. The predicted molar refractivity (Wildman–Crippen MR) is 114 cm³/mol. The molecule has 0 radical (unpaired) electrons. The molecule has 1 aliphatic carbocycles. The molecule has 1 atom stereocenters. The highest BCUT2D eigenvalue weighted by atomic mass is 16.3. The Balaban J connectivity index is 1.62. The monoisotopic (exact) mass is 389 g/mol. The van der Waals surface area contributed by atoms with Crippen LogP contribution >= 0.6 is 0 Å². The zero-order valence-electron chi connectivity index (χ0n) is 16.4. The second-order valence-corrected chi connectivity index (χ2v) is 6.72. The molecule has 2 aromatic rings. The van der Waals surface area contributed by atoms with Gasteiger partial charge in [-0.3, -0.25) is 9.69 Å². The molecule has 1 aliphatic rings. The Hall–Kier alpha value is -3.58. The lowest BCUT2D eigenvalue weighted by atomic mass is 10.1. The highest BCUT2D eigenvalue weighted by Crippen LogP contribution is 2.21. The number of rotatable bonds is 6. The number of allylic oxidation sites excluding steroid dienone is 3. The fraction of sp³-hybridized carbons (Fsp3) is 0.182. The van der Waals surface area contributed by atoms with Crippen LogP contribution in [0.3, 0.4) is 0 Å². The first-order chi connectivity index (χ1) is 14.0. The normalized spacial score (nSPS) is 16.1. The summed E-state index contributed by atoms with van der Waals surface area (Å²) in [5, 5.41) is 12.5. The van der Waals surface area contributed by atoms with E-state index in [2.05, 4.69) is 37.3 Å². The minimum Gasteiger partial charge on any atom is -0.504 e. The van der Waals surface area contributed by atoms with Gasteiger partial charge in [-0.05, 0) is 43.9 Å². The molecule has 29 heavy (non-hydrogen) atoms. The van der Waals surface area contributed by atoms with Gasteiger partial charge in [0.2, 0.25) is 5.91 Å². The summed E-state index contributed by atoms with van der Waals surface area (Å²) in [6, 6.07) is 8.59. The van der Waals surface area contributed by atoms with E-state index in [1.54, 1.807) is 30.5 Å². The number of likely N-dealkylation sites (N-methyl/N-ethyl adjacent to an activating group) is 1. The lowest BCUT2D eigenvalue weighted by molar-refractivity contribution is -0.115. The van der Waals surface area contributed by atoms with Crippen LogP contribution in [-0.2, 0) is 4.79 Å². The van der Waals surface area contributed by atoms with Crippen LogP contribution in [0.15, 0.2) is 77.5 Å². The maximum Gasteiger partial charge on any atom is 0.229 e. The van der Waals surface area contributed by atoms with Crippen LogP contribution in [0.5, 0.6) is 5.75 Å². The number of aromatic hydroxyl groups is 1. The standard InChI is InChI=1S/C22H23N5O2/c1-27(2)18-8-3-6-16(11-12-18)14-21(29)26-20-10-4-7-17(25-20)15-24-22-19(28)9-5-13-23-22/h3-13,15,18,28H,14H2,1-2H3,(H,25,26,29)/b24-15+. The van der Waals surface area contributed by atoms with Gasteiger partial charge in [0.1, 0.15) is 5.82 Å². The van der Waals surface area contributed by atoms with Crippen LogP contribution in [0.4, 0.5) is 11.6 Å². The molecule has 2 aromatic heterocycles. The quantitative estimate of drug-likeness (QED) is 0.740. The van der Waals surface area contributed by atoms with Gasteiger partial charge >= 0.3 is 0 Å². The molecule has 7 nitrogen and oxygen atoms in total. The summed E-state index contributed by atoms with van der Waals surface area (Å²) in [6.45, 7) is 0. The summed E-state index contributed by atoms with van der Waals surface area (Å²) in [4.78, 5) is 27.0. The van der Waals surface area contributed by atoms with Crippen LogP contribution in [-0.4, -0.2) is 52.2 Å². The average Bonchev–Trinajstić information content (AvgIpc) is 2.93. The highest BCUT2D eigenvalue weighted by Gasteiger charge is 2.09. The van der Waals surface area contributed by atoms with Crippen molar-refractivity contribution >= 4 is 23.8 Å². The van der Waals surface area contributed by atoms with Gasteiger partial charge in [0.25, 0.3) is 0 Å². The first kappa shape index (κ1) is 20.2. The number of nitrogens with zero attached hydrogens (tertiary/aromatic N) is 4. The third-order valence-corrected chi connectivity index (χ3v) is 4.21. The summed E-state index contributed by atoms with van der Waals surface area (Å²) in [6.07, 6.45) is 13.3. The Morgan fingerprint density at radius 1 is 1.28 bits per heavy atom. The Kier molecular flexibility index (Phi) is 6.65. The number of amides is 1. The first-order valence-corrected chi connectivity index (χ1v) is 9.18. The molecule has 2 heterocycles. The first-order valence-electron chi connectivity index (χ1n) is 9.18. The van der Waals surface area contributed by atoms with Crippen molar-refractivity contribution in [3.05, 3.63) is 78.2 Å². The molecule has 0 saturated carbocycles. The van der Waals surface area contributed by atoms with E-state index in [0.717, 1.165) is 5.57 Å². The van der Waals surface area contributed by atoms with E-state index >= 15 is 0 Å². The topological polar surface area (TPSA) is 90.7 Å². The zero-order chi connectivity index (χ0) is 20.6.